The van der Waals surface area contributed by atoms with E-state index in [2.05, 4.69) is 5.32 Å². The van der Waals surface area contributed by atoms with E-state index in [0.29, 0.717) is 26.2 Å². The van der Waals surface area contributed by atoms with Crippen LogP contribution >= 0.6 is 23.2 Å². The molecule has 0 saturated carbocycles. The number of nitrogens with one attached hydrogen (secondary N) is 1. The van der Waals surface area contributed by atoms with Gasteiger partial charge in [-0.05, 0) is 12.1 Å². The molecule has 0 radical (unpaired) electrons. The fourth-order valence-corrected chi connectivity index (χ4v) is 2.90. The van der Waals surface area contributed by atoms with Gasteiger partial charge in [0.1, 0.15) is 18.5 Å². The number of hydrogen-bond acceptors (Lipinski definition) is 3. The van der Waals surface area contributed by atoms with E-state index in [4.69, 9.17) is 28.3 Å². The average molecular weight is 343 g/mol. The monoisotopic (exact) mass is 342 g/mol. The lowest BCUT2D eigenvalue weighted by Crippen LogP contribution is -2.51. The maximum absolute atomic E-state index is 14.3. The molecule has 0 aromatic heterocycles. The number of benzene rings is 1. The van der Waals surface area contributed by atoms with Gasteiger partial charge in [0.05, 0.1) is 5.02 Å². The maximum atomic E-state index is 14.3. The molecule has 0 amide bonds. The Hall–Kier alpha value is -0.530. The Kier molecular flexibility index (Phi) is 5.38. The Morgan fingerprint density at radius 1 is 1.24 bits per heavy atom. The molecule has 0 aliphatic carbocycles. The molecule has 2 N–H and O–H groups in total. The molecule has 8 heteroatoms. The normalized spacial score (nSPS) is 18.8. The average Bonchev–Trinajstić information content (AvgIpc) is 2.48. The van der Waals surface area contributed by atoms with Crippen LogP contribution in [0.5, 0.6) is 0 Å². The van der Waals surface area contributed by atoms with E-state index in [1.54, 1.807) is 0 Å². The largest absolute Gasteiger partial charge is 0.390 e. The highest BCUT2D eigenvalue weighted by molar-refractivity contribution is 6.33. The zero-order valence-corrected chi connectivity index (χ0v) is 12.6. The van der Waals surface area contributed by atoms with E-state index < -0.39 is 24.4 Å². The molecule has 0 unspecified atom stereocenters. The molecule has 1 atom stereocenters. The quantitative estimate of drug-likeness (QED) is 0.826. The second-order valence-electron chi connectivity index (χ2n) is 4.86. The number of piperazine rings is 1. The summed E-state index contributed by atoms with van der Waals surface area (Å²) in [5.74, 6) is -4.51. The van der Waals surface area contributed by atoms with Gasteiger partial charge in [0.25, 0.3) is 5.92 Å². The van der Waals surface area contributed by atoms with Crippen LogP contribution < -0.4 is 5.32 Å². The van der Waals surface area contributed by atoms with Gasteiger partial charge in [0.15, 0.2) is 0 Å². The predicted octanol–water partition coefficient (Wildman–Crippen LogP) is 2.71. The fourth-order valence-electron chi connectivity index (χ4n) is 2.48. The van der Waals surface area contributed by atoms with E-state index in [9.17, 15) is 13.2 Å². The van der Waals surface area contributed by atoms with Gasteiger partial charge in [-0.15, -0.1) is 0 Å². The first-order valence-electron chi connectivity index (χ1n) is 6.45. The first kappa shape index (κ1) is 16.8. The molecule has 21 heavy (non-hydrogen) atoms. The summed E-state index contributed by atoms with van der Waals surface area (Å²) in [6, 6.07) is 0.843. The molecular weight excluding hydrogens is 328 g/mol. The SMILES string of the molecule is OCC(F)(F)[C@H](c1c(Cl)ccc(Cl)c1F)N1CCNCC1. The summed E-state index contributed by atoms with van der Waals surface area (Å²) in [5, 5.41) is 11.6. The molecule has 1 heterocycles. The van der Waals surface area contributed by atoms with Crippen molar-refractivity contribution in [3.05, 3.63) is 33.6 Å². The van der Waals surface area contributed by atoms with Crippen molar-refractivity contribution in [2.24, 2.45) is 0 Å². The Morgan fingerprint density at radius 2 is 1.81 bits per heavy atom. The Morgan fingerprint density at radius 3 is 2.38 bits per heavy atom. The smallest absolute Gasteiger partial charge is 0.290 e. The lowest BCUT2D eigenvalue weighted by atomic mass is 9.97. The van der Waals surface area contributed by atoms with Gasteiger partial charge in [-0.3, -0.25) is 4.90 Å². The highest BCUT2D eigenvalue weighted by Crippen LogP contribution is 2.42. The van der Waals surface area contributed by atoms with Crippen LogP contribution in [0.3, 0.4) is 0 Å². The maximum Gasteiger partial charge on any atom is 0.290 e. The summed E-state index contributed by atoms with van der Waals surface area (Å²) in [6.07, 6.45) is 0. The van der Waals surface area contributed by atoms with Gasteiger partial charge in [-0.2, -0.15) is 0 Å². The van der Waals surface area contributed by atoms with Crippen molar-refractivity contribution in [1.82, 2.24) is 10.2 Å². The first-order chi connectivity index (χ1) is 9.88. The highest BCUT2D eigenvalue weighted by Gasteiger charge is 2.46. The Labute approximate surface area is 130 Å². The molecule has 118 valence electrons. The molecule has 0 spiro atoms. The van der Waals surface area contributed by atoms with E-state index >= 15 is 0 Å². The van der Waals surface area contributed by atoms with E-state index in [1.165, 1.54) is 17.0 Å². The van der Waals surface area contributed by atoms with Crippen molar-refractivity contribution in [2.45, 2.75) is 12.0 Å². The lowest BCUT2D eigenvalue weighted by Gasteiger charge is -2.39. The molecule has 3 nitrogen and oxygen atoms in total. The molecule has 0 bridgehead atoms. The summed E-state index contributed by atoms with van der Waals surface area (Å²) in [4.78, 5) is 1.41. The number of rotatable bonds is 4. The van der Waals surface area contributed by atoms with E-state index in [1.807, 2.05) is 0 Å². The van der Waals surface area contributed by atoms with Crippen molar-refractivity contribution < 1.29 is 18.3 Å². The molecule has 2 rings (SSSR count). The second kappa shape index (κ2) is 6.71. The van der Waals surface area contributed by atoms with Crippen molar-refractivity contribution in [2.75, 3.05) is 32.8 Å². The third-order valence-corrected chi connectivity index (χ3v) is 4.10. The summed E-state index contributed by atoms with van der Waals surface area (Å²) in [6.45, 7) is 0.185. The summed E-state index contributed by atoms with van der Waals surface area (Å²) < 4.78 is 42.7. The topological polar surface area (TPSA) is 35.5 Å². The third-order valence-electron chi connectivity index (χ3n) is 3.48. The minimum Gasteiger partial charge on any atom is -0.390 e. The Bertz CT molecular complexity index is 510. The minimum absolute atomic E-state index is 0.131. The van der Waals surface area contributed by atoms with E-state index in [-0.39, 0.29) is 15.6 Å². The van der Waals surface area contributed by atoms with Crippen LogP contribution in [0.25, 0.3) is 0 Å². The Balaban J connectivity index is 2.52. The van der Waals surface area contributed by atoms with Gasteiger partial charge in [-0.25, -0.2) is 13.2 Å². The number of alkyl halides is 2. The van der Waals surface area contributed by atoms with Crippen LogP contribution in [-0.2, 0) is 0 Å². The lowest BCUT2D eigenvalue weighted by molar-refractivity contribution is -0.119. The molecule has 1 saturated heterocycles. The van der Waals surface area contributed by atoms with Crippen molar-refractivity contribution >= 4 is 23.2 Å². The number of aliphatic hydroxyl groups excluding tert-OH is 1. The van der Waals surface area contributed by atoms with Gasteiger partial charge in [-0.1, -0.05) is 23.2 Å². The van der Waals surface area contributed by atoms with Crippen LogP contribution in [0, 0.1) is 5.82 Å². The van der Waals surface area contributed by atoms with Crippen LogP contribution in [0.1, 0.15) is 11.6 Å². The fraction of sp³-hybridized carbons (Fsp3) is 0.538. The van der Waals surface area contributed by atoms with Gasteiger partial charge in [0.2, 0.25) is 0 Å². The summed E-state index contributed by atoms with van der Waals surface area (Å²) >= 11 is 11.6. The molecule has 1 aliphatic heterocycles. The predicted molar refractivity (Wildman–Crippen MR) is 75.6 cm³/mol. The highest BCUT2D eigenvalue weighted by atomic mass is 35.5. The van der Waals surface area contributed by atoms with Crippen LogP contribution in [0.4, 0.5) is 13.2 Å². The standard InChI is InChI=1S/C13H15Cl2F3N2O/c14-8-1-2-9(15)11(16)10(8)12(13(17,18)7-21)20-5-3-19-4-6-20/h1-2,12,19,21H,3-7H2/t12-/m0/s1. The van der Waals surface area contributed by atoms with Crippen LogP contribution in [-0.4, -0.2) is 48.7 Å². The molecular formula is C13H15Cl2F3N2O. The molecule has 1 aliphatic rings. The van der Waals surface area contributed by atoms with Crippen LogP contribution in [0.2, 0.25) is 10.0 Å². The van der Waals surface area contributed by atoms with E-state index in [0.717, 1.165) is 0 Å². The van der Waals surface area contributed by atoms with Crippen LogP contribution in [0.15, 0.2) is 12.1 Å². The zero-order valence-electron chi connectivity index (χ0n) is 11.1. The molecule has 1 aromatic rings. The minimum atomic E-state index is -3.54. The number of nitrogens with zero attached hydrogens (tertiary/aromatic N) is 1. The third kappa shape index (κ3) is 3.46. The van der Waals surface area contributed by atoms with Crippen molar-refractivity contribution in [3.63, 3.8) is 0 Å². The molecule has 1 aromatic carbocycles. The number of aliphatic hydroxyl groups is 1. The summed E-state index contributed by atoms with van der Waals surface area (Å²) in [7, 11) is 0. The number of hydrogen-bond donors (Lipinski definition) is 2. The molecule has 1 fully saturated rings. The van der Waals surface area contributed by atoms with Gasteiger partial charge >= 0.3 is 0 Å². The second-order valence-corrected chi connectivity index (χ2v) is 5.68. The number of halogens is 5. The zero-order chi connectivity index (χ0) is 15.6. The van der Waals surface area contributed by atoms with Crippen molar-refractivity contribution in [1.29, 1.82) is 0 Å². The van der Waals surface area contributed by atoms with Gasteiger partial charge < -0.3 is 10.4 Å². The summed E-state index contributed by atoms with van der Waals surface area (Å²) in [5.41, 5.74) is -0.370. The van der Waals surface area contributed by atoms with Gasteiger partial charge in [0, 0.05) is 36.8 Å². The van der Waals surface area contributed by atoms with Crippen molar-refractivity contribution in [3.8, 4) is 0 Å². The first-order valence-corrected chi connectivity index (χ1v) is 7.21.